The second kappa shape index (κ2) is 12.0. The third-order valence-electron chi connectivity index (χ3n) is 4.66. The average Bonchev–Trinajstić information content (AvgIpc) is 2.81. The molecule has 0 aliphatic heterocycles. The largest absolute Gasteiger partial charge is 0.490 e. The Balaban J connectivity index is 1.56. The van der Waals surface area contributed by atoms with Crippen LogP contribution in [0.1, 0.15) is 23.6 Å². The number of benzene rings is 3. The van der Waals surface area contributed by atoms with Gasteiger partial charge in [-0.1, -0.05) is 48.5 Å². The fraction of sp³-hybridized carbons (Fsp3) is 0.192. The van der Waals surface area contributed by atoms with Crippen LogP contribution < -0.4 is 20.2 Å². The van der Waals surface area contributed by atoms with Gasteiger partial charge in [-0.25, -0.2) is 5.43 Å². The lowest BCUT2D eigenvalue weighted by molar-refractivity contribution is -0.120. The fourth-order valence-electron chi connectivity index (χ4n) is 3.03. The van der Waals surface area contributed by atoms with Crippen molar-refractivity contribution in [3.63, 3.8) is 0 Å². The molecule has 7 heteroatoms. The number of hydrazone groups is 1. The Morgan fingerprint density at radius 3 is 2.42 bits per heavy atom. The van der Waals surface area contributed by atoms with E-state index in [-0.39, 0.29) is 24.8 Å². The van der Waals surface area contributed by atoms with Gasteiger partial charge in [-0.05, 0) is 54.8 Å². The van der Waals surface area contributed by atoms with Crippen LogP contribution in [-0.2, 0) is 16.0 Å². The number of hydrogen-bond acceptors (Lipinski definition) is 5. The van der Waals surface area contributed by atoms with E-state index in [4.69, 9.17) is 9.47 Å². The molecule has 0 saturated heterocycles. The molecular weight excluding hydrogens is 418 g/mol. The van der Waals surface area contributed by atoms with E-state index in [9.17, 15) is 9.59 Å². The molecule has 33 heavy (non-hydrogen) atoms. The van der Waals surface area contributed by atoms with Crippen LogP contribution in [0.4, 0.5) is 5.69 Å². The third-order valence-corrected chi connectivity index (χ3v) is 4.66. The lowest BCUT2D eigenvalue weighted by Crippen LogP contribution is -2.21. The molecule has 3 aromatic carbocycles. The first-order chi connectivity index (χ1) is 16.0. The Bertz CT molecular complexity index is 1110. The molecule has 3 rings (SSSR count). The molecule has 0 atom stereocenters. The van der Waals surface area contributed by atoms with Crippen molar-refractivity contribution in [1.82, 2.24) is 5.43 Å². The van der Waals surface area contributed by atoms with Crippen LogP contribution in [0.25, 0.3) is 0 Å². The summed E-state index contributed by atoms with van der Waals surface area (Å²) in [4.78, 5) is 24.3. The van der Waals surface area contributed by atoms with Gasteiger partial charge in [-0.15, -0.1) is 0 Å². The standard InChI is InChI=1S/C26H27N3O4/c1-3-32-24-15-21(17-27-29-25(30)16-20-10-5-4-6-11-20)13-14-23(24)33-18-26(31)28-22-12-8-7-9-19(22)2/h4-15,17H,3,16,18H2,1-2H3,(H,28,31)(H,29,30)/b27-17+. The molecule has 0 bridgehead atoms. The van der Waals surface area contributed by atoms with Gasteiger partial charge in [-0.3, -0.25) is 9.59 Å². The van der Waals surface area contributed by atoms with Gasteiger partial charge in [0.15, 0.2) is 18.1 Å². The summed E-state index contributed by atoms with van der Waals surface area (Å²) in [7, 11) is 0. The van der Waals surface area contributed by atoms with Crippen molar-refractivity contribution in [2.45, 2.75) is 20.3 Å². The number of ether oxygens (including phenoxy) is 2. The molecule has 0 fully saturated rings. The van der Waals surface area contributed by atoms with Crippen molar-refractivity contribution in [3.05, 3.63) is 89.5 Å². The van der Waals surface area contributed by atoms with Crippen LogP contribution in [0.2, 0.25) is 0 Å². The van der Waals surface area contributed by atoms with Crippen molar-refractivity contribution in [3.8, 4) is 11.5 Å². The Morgan fingerprint density at radius 2 is 1.67 bits per heavy atom. The zero-order chi connectivity index (χ0) is 23.5. The number of rotatable bonds is 10. The monoisotopic (exact) mass is 445 g/mol. The first-order valence-corrected chi connectivity index (χ1v) is 10.7. The zero-order valence-electron chi connectivity index (χ0n) is 18.7. The molecule has 0 aliphatic carbocycles. The van der Waals surface area contributed by atoms with E-state index in [1.54, 1.807) is 18.2 Å². The lowest BCUT2D eigenvalue weighted by Gasteiger charge is -2.13. The fourth-order valence-corrected chi connectivity index (χ4v) is 3.03. The average molecular weight is 446 g/mol. The number of amides is 2. The van der Waals surface area contributed by atoms with Crippen molar-refractivity contribution in [2.75, 3.05) is 18.5 Å². The van der Waals surface area contributed by atoms with Crippen LogP contribution >= 0.6 is 0 Å². The highest BCUT2D eigenvalue weighted by Gasteiger charge is 2.10. The number of hydrogen-bond donors (Lipinski definition) is 2. The van der Waals surface area contributed by atoms with Crippen LogP contribution in [0.5, 0.6) is 11.5 Å². The molecule has 0 heterocycles. The summed E-state index contributed by atoms with van der Waals surface area (Å²) in [6.45, 7) is 4.06. The number of aryl methyl sites for hydroxylation is 1. The maximum absolute atomic E-state index is 12.3. The van der Waals surface area contributed by atoms with Crippen molar-refractivity contribution in [1.29, 1.82) is 0 Å². The van der Waals surface area contributed by atoms with Gasteiger partial charge in [-0.2, -0.15) is 5.10 Å². The van der Waals surface area contributed by atoms with Crippen molar-refractivity contribution < 1.29 is 19.1 Å². The zero-order valence-corrected chi connectivity index (χ0v) is 18.7. The Kier molecular flexibility index (Phi) is 8.59. The molecule has 0 saturated carbocycles. The number of carbonyl (C=O) groups excluding carboxylic acids is 2. The van der Waals surface area contributed by atoms with E-state index in [0.29, 0.717) is 18.1 Å². The van der Waals surface area contributed by atoms with Gasteiger partial charge in [0.1, 0.15) is 0 Å². The smallest absolute Gasteiger partial charge is 0.262 e. The van der Waals surface area contributed by atoms with E-state index < -0.39 is 0 Å². The Labute approximate surface area is 193 Å². The molecule has 0 aromatic heterocycles. The van der Waals surface area contributed by atoms with Gasteiger partial charge in [0.25, 0.3) is 5.91 Å². The number of anilines is 1. The Hall–Kier alpha value is -4.13. The van der Waals surface area contributed by atoms with Crippen LogP contribution in [0.15, 0.2) is 77.9 Å². The maximum atomic E-state index is 12.3. The second-order valence-corrected chi connectivity index (χ2v) is 7.25. The SMILES string of the molecule is CCOc1cc(/C=N/NC(=O)Cc2ccccc2)ccc1OCC(=O)Nc1ccccc1C. The summed E-state index contributed by atoms with van der Waals surface area (Å²) in [6, 6.07) is 22.2. The summed E-state index contributed by atoms with van der Waals surface area (Å²) < 4.78 is 11.3. The second-order valence-electron chi connectivity index (χ2n) is 7.25. The van der Waals surface area contributed by atoms with Gasteiger partial charge in [0.2, 0.25) is 5.91 Å². The minimum absolute atomic E-state index is 0.155. The molecule has 0 radical (unpaired) electrons. The third kappa shape index (κ3) is 7.50. The first kappa shape index (κ1) is 23.5. The van der Waals surface area contributed by atoms with E-state index in [2.05, 4.69) is 15.8 Å². The van der Waals surface area contributed by atoms with Crippen LogP contribution in [-0.4, -0.2) is 31.2 Å². The molecule has 7 nitrogen and oxygen atoms in total. The van der Waals surface area contributed by atoms with Gasteiger partial charge < -0.3 is 14.8 Å². The van der Waals surface area contributed by atoms with Crippen LogP contribution in [0.3, 0.4) is 0 Å². The summed E-state index contributed by atoms with van der Waals surface area (Å²) in [5.74, 6) is 0.461. The van der Waals surface area contributed by atoms with Crippen molar-refractivity contribution in [2.24, 2.45) is 5.10 Å². The highest BCUT2D eigenvalue weighted by Crippen LogP contribution is 2.28. The molecule has 2 N–H and O–H groups in total. The normalized spacial score (nSPS) is 10.6. The van der Waals surface area contributed by atoms with E-state index in [0.717, 1.165) is 22.4 Å². The van der Waals surface area contributed by atoms with Crippen molar-refractivity contribution >= 4 is 23.7 Å². The summed E-state index contributed by atoms with van der Waals surface area (Å²) in [5, 5.41) is 6.85. The predicted molar refractivity (Wildman–Crippen MR) is 129 cm³/mol. The van der Waals surface area contributed by atoms with E-state index in [1.165, 1.54) is 6.21 Å². The first-order valence-electron chi connectivity index (χ1n) is 10.7. The highest BCUT2D eigenvalue weighted by atomic mass is 16.5. The van der Waals surface area contributed by atoms with Crippen LogP contribution in [0, 0.1) is 6.92 Å². The molecule has 0 aliphatic rings. The lowest BCUT2D eigenvalue weighted by atomic mass is 10.1. The molecule has 170 valence electrons. The summed E-state index contributed by atoms with van der Waals surface area (Å²) >= 11 is 0. The molecule has 0 unspecified atom stereocenters. The molecular formula is C26H27N3O4. The highest BCUT2D eigenvalue weighted by molar-refractivity contribution is 5.92. The maximum Gasteiger partial charge on any atom is 0.262 e. The topological polar surface area (TPSA) is 89.0 Å². The van der Waals surface area contributed by atoms with E-state index >= 15 is 0 Å². The number of carbonyl (C=O) groups is 2. The minimum atomic E-state index is -0.265. The summed E-state index contributed by atoms with van der Waals surface area (Å²) in [6.07, 6.45) is 1.78. The quantitative estimate of drug-likeness (QED) is 0.363. The van der Waals surface area contributed by atoms with Gasteiger partial charge in [0.05, 0.1) is 19.2 Å². The van der Waals surface area contributed by atoms with Gasteiger partial charge in [0, 0.05) is 5.69 Å². The van der Waals surface area contributed by atoms with Gasteiger partial charge >= 0.3 is 0 Å². The predicted octanol–water partition coefficient (Wildman–Crippen LogP) is 4.10. The molecule has 0 spiro atoms. The number of nitrogens with one attached hydrogen (secondary N) is 2. The number of nitrogens with zero attached hydrogens (tertiary/aromatic N) is 1. The number of para-hydroxylation sites is 1. The van der Waals surface area contributed by atoms with E-state index in [1.807, 2.05) is 68.4 Å². The molecule has 3 aromatic rings. The minimum Gasteiger partial charge on any atom is -0.490 e. The molecule has 2 amide bonds. The summed E-state index contributed by atoms with van der Waals surface area (Å²) in [5.41, 5.74) is 5.87. The Morgan fingerprint density at radius 1 is 0.909 bits per heavy atom.